The second kappa shape index (κ2) is 10.3. The Hall–Kier alpha value is -4.00. The van der Waals surface area contributed by atoms with Crippen molar-refractivity contribution in [3.63, 3.8) is 0 Å². The van der Waals surface area contributed by atoms with Crippen molar-refractivity contribution in [2.45, 2.75) is 20.8 Å². The summed E-state index contributed by atoms with van der Waals surface area (Å²) in [6.07, 6.45) is 0. The van der Waals surface area contributed by atoms with E-state index in [1.54, 1.807) is 0 Å². The van der Waals surface area contributed by atoms with E-state index in [-0.39, 0.29) is 50.6 Å². The number of carbonyl (C=O) groups excluding carboxylic acids is 3. The molecule has 0 amide bonds. The molecule has 0 saturated carbocycles. The van der Waals surface area contributed by atoms with Crippen LogP contribution in [0.15, 0.2) is 54.6 Å². The predicted octanol–water partition coefficient (Wildman–Crippen LogP) is 3.58. The zero-order valence-corrected chi connectivity index (χ0v) is 19.7. The number of rotatable bonds is 6. The third-order valence-electron chi connectivity index (χ3n) is 5.19. The molecule has 0 fully saturated rings. The van der Waals surface area contributed by atoms with Crippen LogP contribution < -0.4 is 0 Å². The normalized spacial score (nSPS) is 10.3. The lowest BCUT2D eigenvalue weighted by Crippen LogP contribution is -2.35. The highest BCUT2D eigenvalue weighted by atomic mass is 27.3. The van der Waals surface area contributed by atoms with Crippen LogP contribution in [0.4, 0.5) is 0 Å². The molecule has 0 bridgehead atoms. The van der Waals surface area contributed by atoms with E-state index in [9.17, 15) is 29.7 Å². The Morgan fingerprint density at radius 1 is 0.559 bits per heavy atom. The Kier molecular flexibility index (Phi) is 7.46. The molecule has 3 aromatic carbocycles. The molecule has 0 aliphatic heterocycles. The van der Waals surface area contributed by atoms with Crippen LogP contribution in [0.3, 0.4) is 0 Å². The number of phenols is 3. The van der Waals surface area contributed by atoms with Crippen molar-refractivity contribution in [3.8, 4) is 17.2 Å². The van der Waals surface area contributed by atoms with Gasteiger partial charge < -0.3 is 26.7 Å². The Bertz CT molecular complexity index is 1110. The van der Waals surface area contributed by atoms with Gasteiger partial charge in [0.15, 0.2) is 0 Å². The van der Waals surface area contributed by atoms with Crippen molar-refractivity contribution in [1.29, 1.82) is 0 Å². The molecule has 0 heterocycles. The molecule has 0 spiro atoms. The van der Waals surface area contributed by atoms with Crippen LogP contribution in [0.5, 0.6) is 17.2 Å². The lowest BCUT2D eigenvalue weighted by molar-refractivity contribution is 0.0408. The molecule has 0 atom stereocenters. The SMILES string of the molecule is Cc1c(O)cccc1C(=O)[O][Al]([O]C(=O)c1cccc(O)c1C)[O]C(=O)c1cccc(O)c1C. The quantitative estimate of drug-likeness (QED) is 0.452. The van der Waals surface area contributed by atoms with E-state index < -0.39 is 33.1 Å². The highest BCUT2D eigenvalue weighted by Gasteiger charge is 2.50. The highest BCUT2D eigenvalue weighted by Crippen LogP contribution is 2.24. The fourth-order valence-electron chi connectivity index (χ4n) is 3.06. The summed E-state index contributed by atoms with van der Waals surface area (Å²) in [6.45, 7) is 4.48. The third-order valence-corrected chi connectivity index (χ3v) is 6.40. The van der Waals surface area contributed by atoms with Gasteiger partial charge in [-0.25, -0.2) is 14.4 Å². The molecule has 174 valence electrons. The number of benzene rings is 3. The molecule has 0 aromatic heterocycles. The topological polar surface area (TPSA) is 140 Å². The van der Waals surface area contributed by atoms with E-state index in [2.05, 4.69) is 0 Å². The smallest absolute Gasteiger partial charge is 0.547 e. The average molecular weight is 480 g/mol. The summed E-state index contributed by atoms with van der Waals surface area (Å²) in [4.78, 5) is 38.2. The predicted molar refractivity (Wildman–Crippen MR) is 121 cm³/mol. The van der Waals surface area contributed by atoms with E-state index in [1.807, 2.05) is 0 Å². The summed E-state index contributed by atoms with van der Waals surface area (Å²) < 4.78 is 15.8. The summed E-state index contributed by atoms with van der Waals surface area (Å²) in [5.74, 6) is -3.34. The first kappa shape index (κ1) is 24.6. The molecular formula is C24H21AlO9. The van der Waals surface area contributed by atoms with Crippen molar-refractivity contribution in [2.75, 3.05) is 0 Å². The molecule has 3 N–H and O–H groups in total. The molecule has 0 aliphatic rings. The van der Waals surface area contributed by atoms with E-state index in [0.717, 1.165) is 0 Å². The van der Waals surface area contributed by atoms with Gasteiger partial charge in [-0.15, -0.1) is 0 Å². The lowest BCUT2D eigenvalue weighted by atomic mass is 10.1. The summed E-state index contributed by atoms with van der Waals surface area (Å²) in [5, 5.41) is 29.6. The number of carbonyl (C=O) groups is 3. The molecule has 9 nitrogen and oxygen atoms in total. The van der Waals surface area contributed by atoms with Crippen molar-refractivity contribution in [2.24, 2.45) is 0 Å². The molecule has 0 aliphatic carbocycles. The van der Waals surface area contributed by atoms with E-state index >= 15 is 0 Å². The van der Waals surface area contributed by atoms with Gasteiger partial charge in [-0.05, 0) is 57.2 Å². The van der Waals surface area contributed by atoms with E-state index in [4.69, 9.17) is 11.4 Å². The van der Waals surface area contributed by atoms with Gasteiger partial charge in [0.2, 0.25) is 0 Å². The Balaban J connectivity index is 1.90. The number of hydrogen-bond acceptors (Lipinski definition) is 9. The second-order valence-corrected chi connectivity index (χ2v) is 8.64. The van der Waals surface area contributed by atoms with Gasteiger partial charge in [-0.1, -0.05) is 18.2 Å². The second-order valence-electron chi connectivity index (χ2n) is 7.35. The summed E-state index contributed by atoms with van der Waals surface area (Å²) in [7, 11) is 0. The van der Waals surface area contributed by atoms with Crippen LogP contribution in [-0.4, -0.2) is 48.4 Å². The van der Waals surface area contributed by atoms with Crippen LogP contribution in [0.1, 0.15) is 47.8 Å². The molecule has 3 aromatic rings. The Morgan fingerprint density at radius 3 is 1.09 bits per heavy atom. The number of hydrogen-bond donors (Lipinski definition) is 3. The average Bonchev–Trinajstić information content (AvgIpc) is 2.79. The van der Waals surface area contributed by atoms with Gasteiger partial charge in [0.05, 0.1) is 16.7 Å². The first-order chi connectivity index (χ1) is 16.1. The van der Waals surface area contributed by atoms with Crippen molar-refractivity contribution >= 4 is 33.1 Å². The number of phenolic OH excluding ortho intramolecular Hbond substituents is 3. The van der Waals surface area contributed by atoms with Gasteiger partial charge in [-0.2, -0.15) is 0 Å². The first-order valence-electron chi connectivity index (χ1n) is 10.1. The molecule has 0 unspecified atom stereocenters. The molecule has 0 saturated heterocycles. The Labute approximate surface area is 200 Å². The van der Waals surface area contributed by atoms with Gasteiger partial charge in [0.1, 0.15) is 17.2 Å². The minimum atomic E-state index is -3.82. The monoisotopic (exact) mass is 480 g/mol. The zero-order valence-electron chi connectivity index (χ0n) is 18.6. The van der Waals surface area contributed by atoms with E-state index in [1.165, 1.54) is 75.4 Å². The van der Waals surface area contributed by atoms with Gasteiger partial charge >= 0.3 is 33.1 Å². The third kappa shape index (κ3) is 5.31. The minimum absolute atomic E-state index is 0.00771. The maximum atomic E-state index is 12.7. The molecule has 34 heavy (non-hydrogen) atoms. The maximum Gasteiger partial charge on any atom is 1.20 e. The van der Waals surface area contributed by atoms with Gasteiger partial charge in [0, 0.05) is 16.7 Å². The molecule has 10 heteroatoms. The van der Waals surface area contributed by atoms with Gasteiger partial charge in [-0.3, -0.25) is 0 Å². The molecular weight excluding hydrogens is 459 g/mol. The Morgan fingerprint density at radius 2 is 0.824 bits per heavy atom. The maximum absolute atomic E-state index is 12.7. The number of aromatic hydroxyl groups is 3. The van der Waals surface area contributed by atoms with Crippen molar-refractivity contribution in [3.05, 3.63) is 88.0 Å². The minimum Gasteiger partial charge on any atom is -0.547 e. The van der Waals surface area contributed by atoms with Crippen LogP contribution in [-0.2, 0) is 11.4 Å². The fourth-order valence-corrected chi connectivity index (χ4v) is 4.11. The fraction of sp³-hybridized carbons (Fsp3) is 0.125. The zero-order chi connectivity index (χ0) is 25.0. The largest absolute Gasteiger partial charge is 1.20 e. The van der Waals surface area contributed by atoms with Crippen LogP contribution >= 0.6 is 0 Å². The lowest BCUT2D eigenvalue weighted by Gasteiger charge is -2.16. The van der Waals surface area contributed by atoms with Crippen molar-refractivity contribution < 1.29 is 41.1 Å². The standard InChI is InChI=1S/3C8H8O3.Al/c3*1-5-6(8(10)11)3-2-4-7(5)9;/h3*2-4,9H,1H3,(H,10,11);/q;;;+3/p-3. The molecule has 3 rings (SSSR count). The highest BCUT2D eigenvalue weighted by molar-refractivity contribution is 6.45. The summed E-state index contributed by atoms with van der Waals surface area (Å²) in [5.41, 5.74) is 0.659. The molecule has 0 radical (unpaired) electrons. The summed E-state index contributed by atoms with van der Waals surface area (Å²) >= 11 is -3.82. The van der Waals surface area contributed by atoms with Crippen LogP contribution in [0.25, 0.3) is 0 Å². The van der Waals surface area contributed by atoms with Gasteiger partial charge in [0.25, 0.3) is 0 Å². The van der Waals surface area contributed by atoms with Crippen LogP contribution in [0, 0.1) is 20.8 Å². The summed E-state index contributed by atoms with van der Waals surface area (Å²) in [6, 6.07) is 12.6. The van der Waals surface area contributed by atoms with Crippen LogP contribution in [0.2, 0.25) is 0 Å². The first-order valence-corrected chi connectivity index (χ1v) is 11.5. The van der Waals surface area contributed by atoms with E-state index in [0.29, 0.717) is 0 Å². The van der Waals surface area contributed by atoms with Crippen molar-refractivity contribution in [1.82, 2.24) is 0 Å².